The minimum absolute atomic E-state index is 0.0185. The molecular formula is C16H14N2O4. The standard InChI is InChI=1S/C16H14N2O4/c1-21-15(19)13-9-5-8-12(10-13)14(17)18-22-16(20)11-6-3-2-4-7-11/h2-10H,1H3,(H2,17,18). The van der Waals surface area contributed by atoms with E-state index in [1.165, 1.54) is 13.2 Å². The van der Waals surface area contributed by atoms with Crippen LogP contribution in [0.15, 0.2) is 59.8 Å². The quantitative estimate of drug-likeness (QED) is 0.306. The average Bonchev–Trinajstić information content (AvgIpc) is 2.59. The summed E-state index contributed by atoms with van der Waals surface area (Å²) in [6.45, 7) is 0. The summed E-state index contributed by atoms with van der Waals surface area (Å²) < 4.78 is 4.62. The molecule has 0 amide bonds. The summed E-state index contributed by atoms with van der Waals surface area (Å²) in [7, 11) is 1.29. The molecule has 2 rings (SSSR count). The first-order chi connectivity index (χ1) is 10.6. The van der Waals surface area contributed by atoms with Gasteiger partial charge in [-0.1, -0.05) is 35.5 Å². The summed E-state index contributed by atoms with van der Waals surface area (Å²) in [5.41, 5.74) is 6.89. The number of carbonyl (C=O) groups is 2. The minimum atomic E-state index is -0.618. The maximum atomic E-state index is 11.7. The van der Waals surface area contributed by atoms with Crippen molar-refractivity contribution in [1.29, 1.82) is 0 Å². The molecule has 0 aromatic heterocycles. The van der Waals surface area contributed by atoms with E-state index in [4.69, 9.17) is 10.6 Å². The monoisotopic (exact) mass is 298 g/mol. The lowest BCUT2D eigenvalue weighted by Crippen LogP contribution is -2.16. The van der Waals surface area contributed by atoms with E-state index in [9.17, 15) is 9.59 Å². The van der Waals surface area contributed by atoms with Crippen molar-refractivity contribution >= 4 is 17.8 Å². The fourth-order valence-corrected chi connectivity index (χ4v) is 1.69. The Morgan fingerprint density at radius 3 is 2.23 bits per heavy atom. The SMILES string of the molecule is COC(=O)c1cccc(/C(N)=N/OC(=O)c2ccccc2)c1. The first-order valence-electron chi connectivity index (χ1n) is 6.40. The highest BCUT2D eigenvalue weighted by Gasteiger charge is 2.09. The zero-order chi connectivity index (χ0) is 15.9. The Morgan fingerprint density at radius 2 is 1.55 bits per heavy atom. The smallest absolute Gasteiger partial charge is 0.365 e. The Kier molecular flexibility index (Phi) is 4.87. The van der Waals surface area contributed by atoms with Gasteiger partial charge in [-0.3, -0.25) is 0 Å². The molecule has 0 radical (unpaired) electrons. The Morgan fingerprint density at radius 1 is 0.909 bits per heavy atom. The van der Waals surface area contributed by atoms with E-state index in [0.717, 1.165) is 0 Å². The molecule has 0 saturated heterocycles. The number of hydrogen-bond donors (Lipinski definition) is 1. The van der Waals surface area contributed by atoms with Crippen molar-refractivity contribution in [3.05, 3.63) is 71.3 Å². The van der Waals surface area contributed by atoms with Crippen molar-refractivity contribution < 1.29 is 19.2 Å². The van der Waals surface area contributed by atoms with Gasteiger partial charge in [0.25, 0.3) is 0 Å². The Labute approximate surface area is 127 Å². The molecule has 0 bridgehead atoms. The zero-order valence-electron chi connectivity index (χ0n) is 11.9. The number of amidine groups is 1. The maximum absolute atomic E-state index is 11.7. The lowest BCUT2D eigenvalue weighted by Gasteiger charge is -2.03. The molecular weight excluding hydrogens is 284 g/mol. The third-order valence-electron chi connectivity index (χ3n) is 2.82. The second-order valence-corrected chi connectivity index (χ2v) is 4.29. The molecule has 0 unspecified atom stereocenters. The molecule has 6 heteroatoms. The van der Waals surface area contributed by atoms with Crippen LogP contribution in [0.5, 0.6) is 0 Å². The van der Waals surface area contributed by atoms with Crippen LogP contribution in [-0.2, 0) is 9.57 Å². The summed E-state index contributed by atoms with van der Waals surface area (Å²) in [5.74, 6) is -1.13. The van der Waals surface area contributed by atoms with Gasteiger partial charge in [0.2, 0.25) is 0 Å². The number of esters is 1. The van der Waals surface area contributed by atoms with Crippen LogP contribution < -0.4 is 5.73 Å². The number of nitrogens with two attached hydrogens (primary N) is 1. The van der Waals surface area contributed by atoms with E-state index in [1.807, 2.05) is 0 Å². The number of nitrogens with zero attached hydrogens (tertiary/aromatic N) is 1. The predicted molar refractivity (Wildman–Crippen MR) is 80.4 cm³/mol. The van der Waals surface area contributed by atoms with Crippen LogP contribution in [0.4, 0.5) is 0 Å². The number of carbonyl (C=O) groups excluding carboxylic acids is 2. The topological polar surface area (TPSA) is 91.0 Å². The number of ether oxygens (including phenoxy) is 1. The van der Waals surface area contributed by atoms with Crippen molar-refractivity contribution in [1.82, 2.24) is 0 Å². The molecule has 2 N–H and O–H groups in total. The molecule has 112 valence electrons. The Balaban J connectivity index is 2.12. The van der Waals surface area contributed by atoms with Crippen LogP contribution in [0.1, 0.15) is 26.3 Å². The molecule has 2 aromatic carbocycles. The molecule has 0 spiro atoms. The highest BCUT2D eigenvalue weighted by atomic mass is 16.7. The van der Waals surface area contributed by atoms with Crippen LogP contribution >= 0.6 is 0 Å². The van der Waals surface area contributed by atoms with Crippen molar-refractivity contribution in [2.75, 3.05) is 7.11 Å². The summed E-state index contributed by atoms with van der Waals surface area (Å²) in [6.07, 6.45) is 0. The van der Waals surface area contributed by atoms with Crippen LogP contribution in [0.25, 0.3) is 0 Å². The van der Waals surface area contributed by atoms with Gasteiger partial charge in [-0.25, -0.2) is 9.59 Å². The first kappa shape index (κ1) is 15.2. The first-order valence-corrected chi connectivity index (χ1v) is 6.40. The lowest BCUT2D eigenvalue weighted by atomic mass is 10.1. The second-order valence-electron chi connectivity index (χ2n) is 4.29. The molecule has 0 heterocycles. The summed E-state index contributed by atoms with van der Waals surface area (Å²) >= 11 is 0. The number of oxime groups is 1. The molecule has 0 aliphatic carbocycles. The van der Waals surface area contributed by atoms with Crippen molar-refractivity contribution in [3.8, 4) is 0 Å². The molecule has 0 aliphatic heterocycles. The molecule has 0 aliphatic rings. The molecule has 0 atom stereocenters. The highest BCUT2D eigenvalue weighted by Crippen LogP contribution is 2.07. The molecule has 6 nitrogen and oxygen atoms in total. The third-order valence-corrected chi connectivity index (χ3v) is 2.82. The largest absolute Gasteiger partial charge is 0.465 e. The fourth-order valence-electron chi connectivity index (χ4n) is 1.69. The van der Waals surface area contributed by atoms with E-state index >= 15 is 0 Å². The second kappa shape index (κ2) is 7.03. The Bertz CT molecular complexity index is 711. The van der Waals surface area contributed by atoms with Gasteiger partial charge < -0.3 is 15.3 Å². The van der Waals surface area contributed by atoms with E-state index in [0.29, 0.717) is 16.7 Å². The van der Waals surface area contributed by atoms with Gasteiger partial charge in [-0.15, -0.1) is 0 Å². The normalized spacial score (nSPS) is 10.9. The van der Waals surface area contributed by atoms with E-state index in [2.05, 4.69) is 9.89 Å². The summed E-state index contributed by atoms with van der Waals surface area (Å²) in [4.78, 5) is 28.0. The van der Waals surface area contributed by atoms with E-state index < -0.39 is 11.9 Å². The lowest BCUT2D eigenvalue weighted by molar-refractivity contribution is 0.0515. The van der Waals surface area contributed by atoms with Gasteiger partial charge in [0.1, 0.15) is 0 Å². The highest BCUT2D eigenvalue weighted by molar-refractivity contribution is 6.00. The summed E-state index contributed by atoms with van der Waals surface area (Å²) in [5, 5.41) is 3.59. The van der Waals surface area contributed by atoms with Crippen molar-refractivity contribution in [2.45, 2.75) is 0 Å². The molecule has 0 fully saturated rings. The molecule has 22 heavy (non-hydrogen) atoms. The van der Waals surface area contributed by atoms with Gasteiger partial charge >= 0.3 is 11.9 Å². The minimum Gasteiger partial charge on any atom is -0.465 e. The number of hydrogen-bond acceptors (Lipinski definition) is 5. The Hall–Kier alpha value is -3.15. The van der Waals surface area contributed by atoms with Crippen LogP contribution in [0.2, 0.25) is 0 Å². The van der Waals surface area contributed by atoms with Gasteiger partial charge in [-0.2, -0.15) is 0 Å². The van der Waals surface area contributed by atoms with Gasteiger partial charge in [0.05, 0.1) is 18.2 Å². The average molecular weight is 298 g/mol. The third kappa shape index (κ3) is 3.69. The van der Waals surface area contributed by atoms with Crippen LogP contribution in [0.3, 0.4) is 0 Å². The van der Waals surface area contributed by atoms with Gasteiger partial charge in [0, 0.05) is 5.56 Å². The number of benzene rings is 2. The molecule has 0 saturated carbocycles. The molecule has 2 aromatic rings. The van der Waals surface area contributed by atoms with Crippen LogP contribution in [0, 0.1) is 0 Å². The van der Waals surface area contributed by atoms with E-state index in [1.54, 1.807) is 48.5 Å². The predicted octanol–water partition coefficient (Wildman–Crippen LogP) is 1.95. The number of methoxy groups -OCH3 is 1. The summed E-state index contributed by atoms with van der Waals surface area (Å²) in [6, 6.07) is 14.8. The zero-order valence-corrected chi connectivity index (χ0v) is 11.9. The van der Waals surface area contributed by atoms with Crippen molar-refractivity contribution in [2.24, 2.45) is 10.9 Å². The van der Waals surface area contributed by atoms with Gasteiger partial charge in [0.15, 0.2) is 5.84 Å². The number of rotatable bonds is 4. The van der Waals surface area contributed by atoms with Crippen LogP contribution in [-0.4, -0.2) is 24.9 Å². The van der Waals surface area contributed by atoms with E-state index in [-0.39, 0.29) is 5.84 Å². The fraction of sp³-hybridized carbons (Fsp3) is 0.0625. The van der Waals surface area contributed by atoms with Gasteiger partial charge in [-0.05, 0) is 24.3 Å². The maximum Gasteiger partial charge on any atom is 0.365 e. The van der Waals surface area contributed by atoms with Crippen molar-refractivity contribution in [3.63, 3.8) is 0 Å².